The molecule has 0 aliphatic heterocycles. The van der Waals surface area contributed by atoms with Crippen molar-refractivity contribution in [1.29, 1.82) is 0 Å². The summed E-state index contributed by atoms with van der Waals surface area (Å²) in [4.78, 5) is 21.6. The monoisotopic (exact) mass is 221 g/mol. The van der Waals surface area contributed by atoms with Crippen molar-refractivity contribution in [1.82, 2.24) is 4.57 Å². The summed E-state index contributed by atoms with van der Waals surface area (Å²) in [5.41, 5.74) is -1.67. The number of aromatic nitrogens is 1. The molecule has 0 aromatic carbocycles. The summed E-state index contributed by atoms with van der Waals surface area (Å²) < 4.78 is 36.2. The van der Waals surface area contributed by atoms with Gasteiger partial charge < -0.3 is 5.11 Å². The van der Waals surface area contributed by atoms with E-state index in [-0.39, 0.29) is 4.57 Å². The lowest BCUT2D eigenvalue weighted by molar-refractivity contribution is -0.141. The van der Waals surface area contributed by atoms with E-state index in [0.29, 0.717) is 0 Å². The molecule has 4 nitrogen and oxygen atoms in total. The van der Waals surface area contributed by atoms with Crippen LogP contribution in [0, 0.1) is 0 Å². The van der Waals surface area contributed by atoms with Crippen LogP contribution in [-0.2, 0) is 6.54 Å². The van der Waals surface area contributed by atoms with Gasteiger partial charge in [-0.05, 0) is 6.07 Å². The van der Waals surface area contributed by atoms with Crippen LogP contribution in [0.3, 0.4) is 0 Å². The Bertz CT molecular complexity index is 435. The zero-order valence-corrected chi connectivity index (χ0v) is 7.28. The molecule has 1 aromatic heterocycles. The van der Waals surface area contributed by atoms with E-state index in [1.807, 2.05) is 0 Å². The molecular weight excluding hydrogens is 215 g/mol. The number of carboxylic acids is 1. The smallest absolute Gasteiger partial charge is 0.406 e. The van der Waals surface area contributed by atoms with Gasteiger partial charge in [-0.25, -0.2) is 4.79 Å². The van der Waals surface area contributed by atoms with Crippen LogP contribution < -0.4 is 5.56 Å². The Morgan fingerprint density at radius 1 is 1.40 bits per heavy atom. The summed E-state index contributed by atoms with van der Waals surface area (Å²) in [5, 5.41) is 8.56. The van der Waals surface area contributed by atoms with E-state index in [1.54, 1.807) is 0 Å². The second-order valence-corrected chi connectivity index (χ2v) is 2.76. The van der Waals surface area contributed by atoms with Gasteiger partial charge in [0.05, 0.1) is 0 Å². The Morgan fingerprint density at radius 2 is 2.00 bits per heavy atom. The number of hydrogen-bond acceptors (Lipinski definition) is 2. The first-order valence-electron chi connectivity index (χ1n) is 3.81. The molecule has 82 valence electrons. The summed E-state index contributed by atoms with van der Waals surface area (Å²) in [6.45, 7) is -1.60. The van der Waals surface area contributed by atoms with Crippen LogP contribution >= 0.6 is 0 Å². The third-order valence-electron chi connectivity index (χ3n) is 1.61. The molecule has 15 heavy (non-hydrogen) atoms. The SMILES string of the molecule is O=C(O)c1cccc(=O)n1CC(F)(F)F. The maximum atomic E-state index is 12.0. The summed E-state index contributed by atoms with van der Waals surface area (Å²) in [6.07, 6.45) is -4.63. The van der Waals surface area contributed by atoms with E-state index < -0.39 is 29.9 Å². The minimum absolute atomic E-state index is 0.169. The maximum Gasteiger partial charge on any atom is 0.406 e. The molecular formula is C8H6F3NO3. The van der Waals surface area contributed by atoms with Gasteiger partial charge in [0.25, 0.3) is 5.56 Å². The minimum atomic E-state index is -4.63. The summed E-state index contributed by atoms with van der Waals surface area (Å²) in [6, 6.07) is 2.91. The number of halogens is 3. The molecule has 0 unspecified atom stereocenters. The molecule has 0 saturated carbocycles. The summed E-state index contributed by atoms with van der Waals surface area (Å²) in [7, 11) is 0. The maximum absolute atomic E-state index is 12.0. The molecule has 0 radical (unpaired) electrons. The van der Waals surface area contributed by atoms with Crippen molar-refractivity contribution in [3.63, 3.8) is 0 Å². The normalized spacial score (nSPS) is 11.4. The topological polar surface area (TPSA) is 59.3 Å². The lowest BCUT2D eigenvalue weighted by Crippen LogP contribution is -2.31. The average molecular weight is 221 g/mol. The quantitative estimate of drug-likeness (QED) is 0.813. The predicted molar refractivity (Wildman–Crippen MR) is 43.7 cm³/mol. The van der Waals surface area contributed by atoms with E-state index in [2.05, 4.69) is 0 Å². The van der Waals surface area contributed by atoms with Crippen molar-refractivity contribution in [3.05, 3.63) is 34.2 Å². The van der Waals surface area contributed by atoms with E-state index >= 15 is 0 Å². The van der Waals surface area contributed by atoms with Crippen molar-refractivity contribution < 1.29 is 23.1 Å². The second kappa shape index (κ2) is 3.76. The summed E-state index contributed by atoms with van der Waals surface area (Å²) >= 11 is 0. The Labute approximate surface area is 81.6 Å². The van der Waals surface area contributed by atoms with Crippen molar-refractivity contribution in [2.24, 2.45) is 0 Å². The largest absolute Gasteiger partial charge is 0.477 e. The van der Waals surface area contributed by atoms with Crippen LogP contribution in [0.15, 0.2) is 23.0 Å². The number of nitrogens with zero attached hydrogens (tertiary/aromatic N) is 1. The molecule has 0 aliphatic carbocycles. The van der Waals surface area contributed by atoms with Crippen LogP contribution in [0.1, 0.15) is 10.5 Å². The molecule has 7 heteroatoms. The number of rotatable bonds is 2. The molecule has 1 rings (SSSR count). The van der Waals surface area contributed by atoms with Gasteiger partial charge in [0.15, 0.2) is 0 Å². The highest BCUT2D eigenvalue weighted by Gasteiger charge is 2.30. The van der Waals surface area contributed by atoms with Crippen molar-refractivity contribution in [3.8, 4) is 0 Å². The number of alkyl halides is 3. The Morgan fingerprint density at radius 3 is 2.47 bits per heavy atom. The fraction of sp³-hybridized carbons (Fsp3) is 0.250. The number of pyridine rings is 1. The molecule has 1 N–H and O–H groups in total. The molecule has 0 spiro atoms. The van der Waals surface area contributed by atoms with Gasteiger partial charge in [-0.2, -0.15) is 13.2 Å². The molecule has 0 amide bonds. The lowest BCUT2D eigenvalue weighted by Gasteiger charge is -2.11. The van der Waals surface area contributed by atoms with Gasteiger partial charge >= 0.3 is 12.1 Å². The van der Waals surface area contributed by atoms with E-state index in [9.17, 15) is 22.8 Å². The highest BCUT2D eigenvalue weighted by molar-refractivity contribution is 5.85. The fourth-order valence-corrected chi connectivity index (χ4v) is 1.05. The number of hydrogen-bond donors (Lipinski definition) is 1. The predicted octanol–water partition coefficient (Wildman–Crippen LogP) is 1.11. The van der Waals surface area contributed by atoms with Crippen LogP contribution in [0.5, 0.6) is 0 Å². The Hall–Kier alpha value is -1.79. The molecule has 1 heterocycles. The van der Waals surface area contributed by atoms with Crippen LogP contribution in [-0.4, -0.2) is 21.8 Å². The van der Waals surface area contributed by atoms with Gasteiger partial charge in [-0.15, -0.1) is 0 Å². The van der Waals surface area contributed by atoms with E-state index in [1.165, 1.54) is 0 Å². The standard InChI is InChI=1S/C8H6F3NO3/c9-8(10,11)4-12-5(7(14)15)2-1-3-6(12)13/h1-3H,4H2,(H,14,15). The molecule has 1 aromatic rings. The first kappa shape index (κ1) is 11.3. The molecule has 0 atom stereocenters. The third kappa shape index (κ3) is 2.83. The Kier molecular flexibility index (Phi) is 2.83. The molecule has 0 bridgehead atoms. The highest BCUT2D eigenvalue weighted by Crippen LogP contribution is 2.17. The fourth-order valence-electron chi connectivity index (χ4n) is 1.05. The summed E-state index contributed by atoms with van der Waals surface area (Å²) in [5.74, 6) is -1.57. The first-order valence-corrected chi connectivity index (χ1v) is 3.81. The van der Waals surface area contributed by atoms with Gasteiger partial charge in [-0.1, -0.05) is 6.07 Å². The first-order chi connectivity index (χ1) is 6.81. The average Bonchev–Trinajstić information content (AvgIpc) is 2.05. The minimum Gasteiger partial charge on any atom is -0.477 e. The van der Waals surface area contributed by atoms with Gasteiger partial charge in [0.2, 0.25) is 0 Å². The van der Waals surface area contributed by atoms with E-state index in [0.717, 1.165) is 18.2 Å². The zero-order chi connectivity index (χ0) is 11.6. The molecule has 0 aliphatic rings. The zero-order valence-electron chi connectivity index (χ0n) is 7.28. The van der Waals surface area contributed by atoms with Crippen LogP contribution in [0.2, 0.25) is 0 Å². The third-order valence-corrected chi connectivity index (χ3v) is 1.61. The van der Waals surface area contributed by atoms with Gasteiger partial charge in [0.1, 0.15) is 12.2 Å². The second-order valence-electron chi connectivity index (χ2n) is 2.76. The van der Waals surface area contributed by atoms with Crippen LogP contribution in [0.25, 0.3) is 0 Å². The number of carboxylic acid groups (broad SMARTS) is 1. The number of aromatic carboxylic acids is 1. The number of carbonyl (C=O) groups is 1. The lowest BCUT2D eigenvalue weighted by atomic mass is 10.3. The van der Waals surface area contributed by atoms with Crippen molar-refractivity contribution in [2.75, 3.05) is 0 Å². The van der Waals surface area contributed by atoms with Gasteiger partial charge in [-0.3, -0.25) is 9.36 Å². The van der Waals surface area contributed by atoms with Gasteiger partial charge in [0, 0.05) is 6.07 Å². The Balaban J connectivity index is 3.26. The van der Waals surface area contributed by atoms with Crippen LogP contribution in [0.4, 0.5) is 13.2 Å². The van der Waals surface area contributed by atoms with Crippen molar-refractivity contribution in [2.45, 2.75) is 12.7 Å². The highest BCUT2D eigenvalue weighted by atomic mass is 19.4. The molecule has 0 fully saturated rings. The molecule has 0 saturated heterocycles. The van der Waals surface area contributed by atoms with Crippen molar-refractivity contribution >= 4 is 5.97 Å². The van der Waals surface area contributed by atoms with E-state index in [4.69, 9.17) is 5.11 Å².